The van der Waals surface area contributed by atoms with Crippen LogP contribution in [0, 0.1) is 5.82 Å². The predicted octanol–water partition coefficient (Wildman–Crippen LogP) is 3.28. The normalized spacial score (nSPS) is 11.8. The number of ether oxygens (including phenoxy) is 1. The summed E-state index contributed by atoms with van der Waals surface area (Å²) in [7, 11) is 0. The molecule has 0 saturated carbocycles. The van der Waals surface area contributed by atoms with E-state index in [-0.39, 0.29) is 24.9 Å². The lowest BCUT2D eigenvalue weighted by molar-refractivity contribution is 0.0923. The van der Waals surface area contributed by atoms with E-state index in [4.69, 9.17) is 4.74 Å². The summed E-state index contributed by atoms with van der Waals surface area (Å²) in [5.41, 5.74) is 0.844. The first-order chi connectivity index (χ1) is 11.0. The van der Waals surface area contributed by atoms with Crippen molar-refractivity contribution in [3.05, 3.63) is 63.9 Å². The van der Waals surface area contributed by atoms with E-state index >= 15 is 0 Å². The summed E-state index contributed by atoms with van der Waals surface area (Å²) in [6.07, 6.45) is -0.612. The van der Waals surface area contributed by atoms with Crippen LogP contribution in [0.4, 0.5) is 4.39 Å². The van der Waals surface area contributed by atoms with Crippen molar-refractivity contribution in [3.63, 3.8) is 0 Å². The zero-order chi connectivity index (χ0) is 16.8. The topological polar surface area (TPSA) is 58.6 Å². The molecule has 0 bridgehead atoms. The minimum Gasteiger partial charge on any atom is -0.489 e. The van der Waals surface area contributed by atoms with Crippen molar-refractivity contribution < 1.29 is 19.0 Å². The molecule has 1 amide bonds. The van der Waals surface area contributed by atoms with Crippen LogP contribution < -0.4 is 10.1 Å². The van der Waals surface area contributed by atoms with Gasteiger partial charge < -0.3 is 15.2 Å². The smallest absolute Gasteiger partial charge is 0.251 e. The van der Waals surface area contributed by atoms with Gasteiger partial charge in [0.15, 0.2) is 0 Å². The molecule has 0 aromatic heterocycles. The fourth-order valence-electron chi connectivity index (χ4n) is 1.87. The van der Waals surface area contributed by atoms with Crippen LogP contribution >= 0.6 is 15.9 Å². The van der Waals surface area contributed by atoms with Crippen molar-refractivity contribution in [1.29, 1.82) is 0 Å². The Kier molecular flexibility index (Phi) is 6.12. The molecular weight excluding hydrogens is 365 g/mol. The second-order valence-corrected chi connectivity index (χ2v) is 6.03. The Morgan fingerprint density at radius 3 is 2.83 bits per heavy atom. The number of benzene rings is 2. The molecule has 6 heteroatoms. The molecule has 0 saturated heterocycles. The van der Waals surface area contributed by atoms with E-state index in [0.717, 1.165) is 0 Å². The quantitative estimate of drug-likeness (QED) is 0.806. The van der Waals surface area contributed by atoms with Crippen LogP contribution in [0.15, 0.2) is 46.9 Å². The molecule has 0 fully saturated rings. The van der Waals surface area contributed by atoms with Gasteiger partial charge in [-0.2, -0.15) is 0 Å². The molecule has 2 N–H and O–H groups in total. The highest BCUT2D eigenvalue weighted by atomic mass is 79.9. The third kappa shape index (κ3) is 5.33. The number of carbonyl (C=O) groups excluding carboxylic acids is 1. The molecule has 0 aliphatic rings. The van der Waals surface area contributed by atoms with Crippen molar-refractivity contribution >= 4 is 21.8 Å². The van der Waals surface area contributed by atoms with Gasteiger partial charge >= 0.3 is 0 Å². The highest BCUT2D eigenvalue weighted by Crippen LogP contribution is 2.19. The summed E-state index contributed by atoms with van der Waals surface area (Å²) in [5.74, 6) is -0.187. The molecule has 2 rings (SSSR count). The van der Waals surface area contributed by atoms with Crippen LogP contribution in [-0.2, 0) is 6.61 Å². The molecule has 122 valence electrons. The maximum Gasteiger partial charge on any atom is 0.251 e. The minimum absolute atomic E-state index is 0.0673. The molecule has 0 spiro atoms. The van der Waals surface area contributed by atoms with Crippen LogP contribution in [0.3, 0.4) is 0 Å². The van der Waals surface area contributed by atoms with Crippen LogP contribution in [-0.4, -0.2) is 23.7 Å². The number of hydrogen-bond donors (Lipinski definition) is 2. The van der Waals surface area contributed by atoms with Gasteiger partial charge in [0.1, 0.15) is 18.2 Å². The second-order valence-electron chi connectivity index (χ2n) is 5.11. The number of nitrogens with one attached hydrogen (secondary N) is 1. The highest BCUT2D eigenvalue weighted by molar-refractivity contribution is 9.10. The first kappa shape index (κ1) is 17.4. The third-order valence-electron chi connectivity index (χ3n) is 3.06. The zero-order valence-corrected chi connectivity index (χ0v) is 14.1. The maximum absolute atomic E-state index is 13.7. The zero-order valence-electron chi connectivity index (χ0n) is 12.6. The van der Waals surface area contributed by atoms with Crippen molar-refractivity contribution in [2.24, 2.45) is 0 Å². The van der Waals surface area contributed by atoms with Crippen LogP contribution in [0.5, 0.6) is 5.75 Å². The Morgan fingerprint density at radius 1 is 1.35 bits per heavy atom. The van der Waals surface area contributed by atoms with Crippen LogP contribution in [0.25, 0.3) is 0 Å². The lowest BCUT2D eigenvalue weighted by Gasteiger charge is -2.10. The average molecular weight is 382 g/mol. The van der Waals surface area contributed by atoms with E-state index in [0.29, 0.717) is 21.3 Å². The monoisotopic (exact) mass is 381 g/mol. The molecule has 0 radical (unpaired) electrons. The first-order valence-corrected chi connectivity index (χ1v) is 7.88. The second kappa shape index (κ2) is 8.08. The van der Waals surface area contributed by atoms with Gasteiger partial charge in [-0.1, -0.05) is 28.1 Å². The molecule has 23 heavy (non-hydrogen) atoms. The van der Waals surface area contributed by atoms with Gasteiger partial charge in [-0.3, -0.25) is 4.79 Å². The SMILES string of the molecule is CC(O)CNC(=O)c1cccc(OCc2ccc(Br)cc2F)c1. The van der Waals surface area contributed by atoms with E-state index in [1.807, 2.05) is 0 Å². The summed E-state index contributed by atoms with van der Waals surface area (Å²) in [4.78, 5) is 11.9. The van der Waals surface area contributed by atoms with Crippen LogP contribution in [0.2, 0.25) is 0 Å². The number of aliphatic hydroxyl groups excluding tert-OH is 1. The minimum atomic E-state index is -0.612. The van der Waals surface area contributed by atoms with Crippen molar-refractivity contribution in [1.82, 2.24) is 5.32 Å². The number of carbonyl (C=O) groups is 1. The average Bonchev–Trinajstić information content (AvgIpc) is 2.52. The summed E-state index contributed by atoms with van der Waals surface area (Å²) >= 11 is 3.20. The molecular formula is C17H17BrFNO3. The Bertz CT molecular complexity index is 691. The number of aliphatic hydroxyl groups is 1. The highest BCUT2D eigenvalue weighted by Gasteiger charge is 2.08. The van der Waals surface area contributed by atoms with Gasteiger partial charge in [0.25, 0.3) is 5.91 Å². The standard InChI is InChI=1S/C17H17BrFNO3/c1-11(21)9-20-17(22)12-3-2-4-15(7-12)23-10-13-5-6-14(18)8-16(13)19/h2-8,11,21H,9-10H2,1H3,(H,20,22). The summed E-state index contributed by atoms with van der Waals surface area (Å²) in [6.45, 7) is 1.83. The first-order valence-electron chi connectivity index (χ1n) is 7.09. The number of hydrogen-bond acceptors (Lipinski definition) is 3. The van der Waals surface area contributed by atoms with Crippen molar-refractivity contribution in [2.45, 2.75) is 19.6 Å². The predicted molar refractivity (Wildman–Crippen MR) is 88.9 cm³/mol. The molecule has 1 unspecified atom stereocenters. The van der Waals surface area contributed by atoms with E-state index in [1.165, 1.54) is 6.07 Å². The molecule has 4 nitrogen and oxygen atoms in total. The summed E-state index contributed by atoms with van der Waals surface area (Å²) in [5, 5.41) is 11.8. The Labute approximate surface area is 142 Å². The van der Waals surface area contributed by atoms with Gasteiger partial charge in [0.05, 0.1) is 6.10 Å². The Balaban J connectivity index is 2.01. The Hall–Kier alpha value is -1.92. The molecule has 0 aliphatic heterocycles. The van der Waals surface area contributed by atoms with Crippen molar-refractivity contribution in [3.8, 4) is 5.75 Å². The lowest BCUT2D eigenvalue weighted by atomic mass is 10.2. The van der Waals surface area contributed by atoms with Gasteiger partial charge in [0.2, 0.25) is 0 Å². The lowest BCUT2D eigenvalue weighted by Crippen LogP contribution is -2.30. The number of amides is 1. The molecule has 0 aliphatic carbocycles. The Morgan fingerprint density at radius 2 is 2.13 bits per heavy atom. The third-order valence-corrected chi connectivity index (χ3v) is 3.56. The van der Waals surface area contributed by atoms with E-state index in [2.05, 4.69) is 21.2 Å². The van der Waals surface area contributed by atoms with Gasteiger partial charge in [-0.15, -0.1) is 0 Å². The number of halogens is 2. The van der Waals surface area contributed by atoms with E-state index in [1.54, 1.807) is 43.3 Å². The molecule has 2 aromatic carbocycles. The van der Waals surface area contributed by atoms with Gasteiger partial charge in [0, 0.05) is 22.1 Å². The molecule has 2 aromatic rings. The van der Waals surface area contributed by atoms with Gasteiger partial charge in [-0.25, -0.2) is 4.39 Å². The molecule has 0 heterocycles. The van der Waals surface area contributed by atoms with Crippen LogP contribution in [0.1, 0.15) is 22.8 Å². The number of rotatable bonds is 6. The molecule has 1 atom stereocenters. The van der Waals surface area contributed by atoms with Gasteiger partial charge in [-0.05, 0) is 37.3 Å². The summed E-state index contributed by atoms with van der Waals surface area (Å²) < 4.78 is 19.9. The fraction of sp³-hybridized carbons (Fsp3) is 0.235. The van der Waals surface area contributed by atoms with Crippen molar-refractivity contribution in [2.75, 3.05) is 6.54 Å². The fourth-order valence-corrected chi connectivity index (χ4v) is 2.20. The largest absolute Gasteiger partial charge is 0.489 e. The summed E-state index contributed by atoms with van der Waals surface area (Å²) in [6, 6.07) is 11.4. The maximum atomic E-state index is 13.7. The van der Waals surface area contributed by atoms with E-state index < -0.39 is 6.10 Å². The van der Waals surface area contributed by atoms with E-state index in [9.17, 15) is 14.3 Å².